The number of likely N-dealkylation sites (N-methyl/N-ethyl adjacent to an activating group) is 1. The summed E-state index contributed by atoms with van der Waals surface area (Å²) < 4.78 is 4.60. The Hall–Kier alpha value is -1.63. The average Bonchev–Trinajstić information content (AvgIpc) is 2.81. The van der Waals surface area contributed by atoms with Crippen molar-refractivity contribution in [2.75, 3.05) is 26.0 Å². The van der Waals surface area contributed by atoms with Crippen molar-refractivity contribution < 1.29 is 14.3 Å². The first-order valence-corrected chi connectivity index (χ1v) is 6.98. The first-order chi connectivity index (χ1) is 9.08. The van der Waals surface area contributed by atoms with E-state index < -0.39 is 0 Å². The van der Waals surface area contributed by atoms with Crippen LogP contribution in [0.15, 0.2) is 5.38 Å². The molecule has 0 spiro atoms. The summed E-state index contributed by atoms with van der Waals surface area (Å²) in [6.07, 6.45) is 1.57. The Morgan fingerprint density at radius 2 is 2.47 bits per heavy atom. The molecule has 0 aliphatic carbocycles. The fraction of sp³-hybridized carbons (Fsp3) is 0.583. The number of ether oxygens (including phenoxy) is 1. The fourth-order valence-electron chi connectivity index (χ4n) is 1.98. The van der Waals surface area contributed by atoms with Crippen LogP contribution in [0.3, 0.4) is 0 Å². The number of methoxy groups -OCH3 is 1. The Labute approximate surface area is 115 Å². The lowest BCUT2D eigenvalue weighted by Gasteiger charge is -2.29. The summed E-state index contributed by atoms with van der Waals surface area (Å²) in [5, 5.41) is 5.93. The molecule has 1 aliphatic rings. The summed E-state index contributed by atoms with van der Waals surface area (Å²) >= 11 is 1.46. The largest absolute Gasteiger partial charge is 0.469 e. The van der Waals surface area contributed by atoms with Gasteiger partial charge < -0.3 is 15.0 Å². The van der Waals surface area contributed by atoms with Crippen LogP contribution >= 0.6 is 11.3 Å². The highest BCUT2D eigenvalue weighted by atomic mass is 32.1. The number of aromatic nitrogens is 1. The molecule has 0 radical (unpaired) electrons. The van der Waals surface area contributed by atoms with Gasteiger partial charge >= 0.3 is 5.97 Å². The molecule has 2 heterocycles. The van der Waals surface area contributed by atoms with E-state index in [2.05, 4.69) is 15.0 Å². The molecule has 1 aliphatic heterocycles. The number of nitrogens with one attached hydrogen (secondary N) is 1. The number of likely N-dealkylation sites (tertiary alicyclic amines) is 1. The summed E-state index contributed by atoms with van der Waals surface area (Å²) in [5.41, 5.74) is 0.708. The van der Waals surface area contributed by atoms with Gasteiger partial charge in [0.25, 0.3) is 0 Å². The Bertz CT molecular complexity index is 475. The van der Waals surface area contributed by atoms with Gasteiger partial charge in [-0.15, -0.1) is 11.3 Å². The molecule has 2 rings (SSSR count). The molecule has 1 aromatic heterocycles. The molecule has 1 atom stereocenters. The molecule has 1 fully saturated rings. The number of nitrogens with zero attached hydrogens (tertiary/aromatic N) is 2. The van der Waals surface area contributed by atoms with Crippen molar-refractivity contribution >= 4 is 28.3 Å². The Kier molecular flexibility index (Phi) is 4.36. The molecule has 0 aromatic carbocycles. The predicted octanol–water partition coefficient (Wildman–Crippen LogP) is 0.891. The molecule has 0 bridgehead atoms. The summed E-state index contributed by atoms with van der Waals surface area (Å²) in [4.78, 5) is 28.6. The average molecular weight is 283 g/mol. The first kappa shape index (κ1) is 13.8. The maximum absolute atomic E-state index is 11.4. The van der Waals surface area contributed by atoms with E-state index in [0.717, 1.165) is 11.6 Å². The number of piperidine rings is 1. The molecule has 1 amide bonds. The standard InChI is InChI=1S/C12H17N3O3S/c1-15-6-8(3-4-10(15)16)13-12-14-9(7-19-12)5-11(17)18-2/h7-8H,3-6H2,1-2H3,(H,13,14). The van der Waals surface area contributed by atoms with Crippen LogP contribution in [0.1, 0.15) is 18.5 Å². The van der Waals surface area contributed by atoms with E-state index in [1.54, 1.807) is 11.9 Å². The SMILES string of the molecule is COC(=O)Cc1csc(NC2CCC(=O)N(C)C2)n1. The highest BCUT2D eigenvalue weighted by Gasteiger charge is 2.23. The number of amides is 1. The molecule has 1 saturated heterocycles. The van der Waals surface area contributed by atoms with E-state index in [9.17, 15) is 9.59 Å². The van der Waals surface area contributed by atoms with Crippen molar-refractivity contribution in [1.82, 2.24) is 9.88 Å². The lowest BCUT2D eigenvalue weighted by atomic mass is 10.1. The van der Waals surface area contributed by atoms with Gasteiger partial charge in [0.05, 0.1) is 19.2 Å². The lowest BCUT2D eigenvalue weighted by Crippen LogP contribution is -2.43. The number of thiazole rings is 1. The van der Waals surface area contributed by atoms with Gasteiger partial charge in [-0.05, 0) is 6.42 Å². The lowest BCUT2D eigenvalue weighted by molar-refractivity contribution is -0.139. The maximum Gasteiger partial charge on any atom is 0.311 e. The molecule has 104 valence electrons. The Morgan fingerprint density at radius 1 is 1.68 bits per heavy atom. The number of carbonyl (C=O) groups is 2. The zero-order valence-electron chi connectivity index (χ0n) is 11.0. The maximum atomic E-state index is 11.4. The second kappa shape index (κ2) is 6.01. The third-order valence-corrected chi connectivity index (χ3v) is 3.88. The Balaban J connectivity index is 1.89. The number of carbonyl (C=O) groups excluding carboxylic acids is 2. The van der Waals surface area contributed by atoms with Gasteiger partial charge in [-0.3, -0.25) is 9.59 Å². The number of rotatable bonds is 4. The summed E-state index contributed by atoms with van der Waals surface area (Å²) in [7, 11) is 3.17. The van der Waals surface area contributed by atoms with Gasteiger partial charge in [-0.1, -0.05) is 0 Å². The minimum Gasteiger partial charge on any atom is -0.469 e. The van der Waals surface area contributed by atoms with Crippen LogP contribution in [0.4, 0.5) is 5.13 Å². The van der Waals surface area contributed by atoms with E-state index in [1.165, 1.54) is 18.4 Å². The fourth-order valence-corrected chi connectivity index (χ4v) is 2.77. The van der Waals surface area contributed by atoms with Crippen LogP contribution in [0, 0.1) is 0 Å². The zero-order valence-corrected chi connectivity index (χ0v) is 11.8. The normalized spacial score (nSPS) is 19.4. The molecular formula is C12H17N3O3S. The first-order valence-electron chi connectivity index (χ1n) is 6.10. The minimum absolute atomic E-state index is 0.184. The third kappa shape index (κ3) is 3.66. The quantitative estimate of drug-likeness (QED) is 0.831. The van der Waals surface area contributed by atoms with Crippen LogP contribution in [0.2, 0.25) is 0 Å². The van der Waals surface area contributed by atoms with Crippen LogP contribution in [-0.2, 0) is 20.7 Å². The summed E-state index contributed by atoms with van der Waals surface area (Å²) in [6.45, 7) is 0.685. The van der Waals surface area contributed by atoms with Crippen molar-refractivity contribution in [3.63, 3.8) is 0 Å². The van der Waals surface area contributed by atoms with Crippen molar-refractivity contribution in [3.05, 3.63) is 11.1 Å². The molecule has 0 saturated carbocycles. The van der Waals surface area contributed by atoms with E-state index in [4.69, 9.17) is 0 Å². The van der Waals surface area contributed by atoms with Gasteiger partial charge in [0.1, 0.15) is 0 Å². The van der Waals surface area contributed by atoms with Gasteiger partial charge in [0.2, 0.25) is 5.91 Å². The molecular weight excluding hydrogens is 266 g/mol. The minimum atomic E-state index is -0.292. The number of hydrogen-bond donors (Lipinski definition) is 1. The van der Waals surface area contributed by atoms with Crippen molar-refractivity contribution in [2.45, 2.75) is 25.3 Å². The van der Waals surface area contributed by atoms with E-state index in [-0.39, 0.29) is 24.3 Å². The Morgan fingerprint density at radius 3 is 3.16 bits per heavy atom. The molecule has 7 heteroatoms. The summed E-state index contributed by atoms with van der Waals surface area (Å²) in [5.74, 6) is -0.108. The van der Waals surface area contributed by atoms with Gasteiger partial charge in [0.15, 0.2) is 5.13 Å². The van der Waals surface area contributed by atoms with Gasteiger partial charge in [-0.2, -0.15) is 0 Å². The van der Waals surface area contributed by atoms with E-state index >= 15 is 0 Å². The predicted molar refractivity (Wildman–Crippen MR) is 72.1 cm³/mol. The second-order valence-corrected chi connectivity index (χ2v) is 5.41. The van der Waals surface area contributed by atoms with E-state index in [0.29, 0.717) is 18.7 Å². The van der Waals surface area contributed by atoms with E-state index in [1.807, 2.05) is 5.38 Å². The zero-order chi connectivity index (χ0) is 13.8. The topological polar surface area (TPSA) is 71.5 Å². The highest BCUT2D eigenvalue weighted by molar-refractivity contribution is 7.13. The molecule has 19 heavy (non-hydrogen) atoms. The number of anilines is 1. The summed E-state index contributed by atoms with van der Waals surface area (Å²) in [6, 6.07) is 0.222. The van der Waals surface area contributed by atoms with Crippen LogP contribution in [0.25, 0.3) is 0 Å². The van der Waals surface area contributed by atoms with Crippen molar-refractivity contribution in [1.29, 1.82) is 0 Å². The smallest absolute Gasteiger partial charge is 0.311 e. The monoisotopic (exact) mass is 283 g/mol. The number of esters is 1. The third-order valence-electron chi connectivity index (χ3n) is 3.06. The van der Waals surface area contributed by atoms with Crippen molar-refractivity contribution in [3.8, 4) is 0 Å². The van der Waals surface area contributed by atoms with Crippen LogP contribution in [0.5, 0.6) is 0 Å². The second-order valence-electron chi connectivity index (χ2n) is 4.55. The number of hydrogen-bond acceptors (Lipinski definition) is 6. The van der Waals surface area contributed by atoms with Crippen LogP contribution < -0.4 is 5.32 Å². The van der Waals surface area contributed by atoms with Crippen LogP contribution in [-0.4, -0.2) is 48.5 Å². The van der Waals surface area contributed by atoms with Gasteiger partial charge in [-0.25, -0.2) is 4.98 Å². The van der Waals surface area contributed by atoms with Gasteiger partial charge in [0, 0.05) is 31.4 Å². The highest BCUT2D eigenvalue weighted by Crippen LogP contribution is 2.20. The molecule has 1 unspecified atom stereocenters. The van der Waals surface area contributed by atoms with Crippen molar-refractivity contribution in [2.24, 2.45) is 0 Å². The molecule has 1 aromatic rings. The molecule has 1 N–H and O–H groups in total. The molecule has 6 nitrogen and oxygen atoms in total.